The average molecular weight is 222 g/mol. The van der Waals surface area contributed by atoms with Crippen LogP contribution in [0.1, 0.15) is 20.3 Å². The van der Waals surface area contributed by atoms with Crippen molar-refractivity contribution in [2.75, 3.05) is 13.2 Å². The number of rotatable bonds is 7. The first-order chi connectivity index (χ1) is 6.54. The van der Waals surface area contributed by atoms with E-state index in [1.54, 1.807) is 13.8 Å². The van der Waals surface area contributed by atoms with Gasteiger partial charge in [0.2, 0.25) is 0 Å². The van der Waals surface area contributed by atoms with E-state index < -0.39 is 13.6 Å². The van der Waals surface area contributed by atoms with Crippen molar-refractivity contribution >= 4 is 13.6 Å². The smallest absolute Gasteiger partial charge is 0.353 e. The molecule has 0 amide bonds. The zero-order valence-electron chi connectivity index (χ0n) is 8.30. The Balaban J connectivity index is 4.28. The van der Waals surface area contributed by atoms with Gasteiger partial charge < -0.3 is 14.2 Å². The molecule has 0 rings (SSSR count). The molecule has 0 unspecified atom stereocenters. The van der Waals surface area contributed by atoms with Gasteiger partial charge >= 0.3 is 13.6 Å². The molecule has 0 aromatic carbocycles. The van der Waals surface area contributed by atoms with Crippen molar-refractivity contribution in [1.29, 1.82) is 0 Å². The van der Waals surface area contributed by atoms with Crippen molar-refractivity contribution in [3.63, 3.8) is 0 Å². The zero-order chi connectivity index (χ0) is 11.0. The van der Waals surface area contributed by atoms with E-state index in [-0.39, 0.29) is 19.6 Å². The summed E-state index contributed by atoms with van der Waals surface area (Å²) in [6, 6.07) is 0. The first-order valence-electron chi connectivity index (χ1n) is 4.32. The van der Waals surface area contributed by atoms with Crippen molar-refractivity contribution in [3.05, 3.63) is 11.9 Å². The van der Waals surface area contributed by atoms with Gasteiger partial charge in [-0.05, 0) is 13.8 Å². The molecule has 82 valence electrons. The number of carbonyl (C=O) groups is 1. The second-order valence-corrected chi connectivity index (χ2v) is 4.25. The molecule has 6 heteroatoms. The molecule has 0 radical (unpaired) electrons. The molecule has 0 spiro atoms. The Morgan fingerprint density at radius 3 is 2.21 bits per heavy atom. The van der Waals surface area contributed by atoms with E-state index in [1.807, 2.05) is 0 Å². The van der Waals surface area contributed by atoms with E-state index in [4.69, 9.17) is 14.2 Å². The normalized spacial score (nSPS) is 12.1. The third-order valence-corrected chi connectivity index (χ3v) is 3.01. The summed E-state index contributed by atoms with van der Waals surface area (Å²) in [4.78, 5) is 10.2. The fourth-order valence-corrected chi connectivity index (χ4v) is 2.10. The highest BCUT2D eigenvalue weighted by molar-refractivity contribution is 7.57. The van der Waals surface area contributed by atoms with E-state index in [2.05, 4.69) is 0 Å². The largest absolute Gasteiger partial charge is 0.481 e. The van der Waals surface area contributed by atoms with E-state index in [1.165, 1.54) is 11.9 Å². The predicted octanol–water partition coefficient (Wildman–Crippen LogP) is 2.24. The van der Waals surface area contributed by atoms with Gasteiger partial charge in [0.15, 0.2) is 0 Å². The van der Waals surface area contributed by atoms with E-state index in [9.17, 15) is 9.36 Å². The van der Waals surface area contributed by atoms with Crippen LogP contribution in [0, 0.1) is 0 Å². The summed E-state index contributed by atoms with van der Waals surface area (Å²) in [6.07, 6.45) is 1.08. The van der Waals surface area contributed by atoms with Crippen LogP contribution in [0.25, 0.3) is 0 Å². The van der Waals surface area contributed by atoms with Crippen molar-refractivity contribution in [2.24, 2.45) is 0 Å². The average Bonchev–Trinajstić information content (AvgIpc) is 2.03. The minimum atomic E-state index is -3.22. The number of hydrogen-bond acceptors (Lipinski definition) is 4. The number of hydrogen-bond donors (Lipinski definition) is 1. The maximum atomic E-state index is 11.7. The Kier molecular flexibility index (Phi) is 6.45. The Morgan fingerprint density at radius 2 is 1.86 bits per heavy atom. The fraction of sp³-hybridized carbons (Fsp3) is 0.625. The molecule has 1 N–H and O–H groups in total. The molecule has 0 aliphatic carbocycles. The third-order valence-electron chi connectivity index (χ3n) is 1.20. The second kappa shape index (κ2) is 6.76. The van der Waals surface area contributed by atoms with Gasteiger partial charge in [-0.15, -0.1) is 0 Å². The van der Waals surface area contributed by atoms with Gasteiger partial charge in [0, 0.05) is 5.82 Å². The molecule has 14 heavy (non-hydrogen) atoms. The van der Waals surface area contributed by atoms with Crippen LogP contribution in [0.15, 0.2) is 11.9 Å². The Morgan fingerprint density at radius 1 is 1.36 bits per heavy atom. The third kappa shape index (κ3) is 5.91. The van der Waals surface area contributed by atoms with Crippen molar-refractivity contribution in [1.82, 2.24) is 0 Å². The fourth-order valence-electron chi connectivity index (χ4n) is 0.766. The van der Waals surface area contributed by atoms with E-state index in [0.29, 0.717) is 0 Å². The van der Waals surface area contributed by atoms with Gasteiger partial charge in [-0.1, -0.05) is 6.08 Å². The van der Waals surface area contributed by atoms with Crippen LogP contribution in [0.3, 0.4) is 0 Å². The van der Waals surface area contributed by atoms with Crippen molar-refractivity contribution in [2.45, 2.75) is 20.3 Å². The number of carboxylic acid groups (broad SMARTS) is 1. The number of carboxylic acids is 1. The predicted molar refractivity (Wildman–Crippen MR) is 52.3 cm³/mol. The molecule has 5 nitrogen and oxygen atoms in total. The van der Waals surface area contributed by atoms with Gasteiger partial charge in [-0.25, -0.2) is 0 Å². The number of aliphatic carboxylic acids is 1. The van der Waals surface area contributed by atoms with Crippen LogP contribution in [0.5, 0.6) is 0 Å². The maximum Gasteiger partial charge on any atom is 0.353 e. The lowest BCUT2D eigenvalue weighted by molar-refractivity contribution is -0.135. The topological polar surface area (TPSA) is 72.8 Å². The van der Waals surface area contributed by atoms with Gasteiger partial charge in [-0.2, -0.15) is 0 Å². The molecular formula is C8H15O5P. The van der Waals surface area contributed by atoms with Gasteiger partial charge in [-0.3, -0.25) is 9.36 Å². The second-order valence-electron chi connectivity index (χ2n) is 2.36. The lowest BCUT2D eigenvalue weighted by Gasteiger charge is -2.12. The Labute approximate surface area is 83.3 Å². The summed E-state index contributed by atoms with van der Waals surface area (Å²) in [5.41, 5.74) is 0. The SMILES string of the molecule is CCOP(=O)(/C=C/CC(=O)O)OCC. The van der Waals surface area contributed by atoms with E-state index >= 15 is 0 Å². The van der Waals surface area contributed by atoms with Crippen LogP contribution >= 0.6 is 7.60 Å². The highest BCUT2D eigenvalue weighted by Crippen LogP contribution is 2.49. The Hall–Kier alpha value is -0.640. The van der Waals surface area contributed by atoms with Crippen LogP contribution in [-0.4, -0.2) is 24.3 Å². The first kappa shape index (κ1) is 13.4. The Bertz CT molecular complexity index is 238. The maximum absolute atomic E-state index is 11.7. The summed E-state index contributed by atoms with van der Waals surface area (Å²) in [5, 5.41) is 8.35. The molecule has 0 aliphatic rings. The summed E-state index contributed by atoms with van der Waals surface area (Å²) in [5.74, 6) is 0.203. The zero-order valence-corrected chi connectivity index (χ0v) is 9.20. The van der Waals surface area contributed by atoms with Crippen LogP contribution in [0.4, 0.5) is 0 Å². The van der Waals surface area contributed by atoms with E-state index in [0.717, 1.165) is 0 Å². The summed E-state index contributed by atoms with van der Waals surface area (Å²) < 4.78 is 21.5. The lowest BCUT2D eigenvalue weighted by Crippen LogP contribution is -1.94. The highest BCUT2D eigenvalue weighted by Gasteiger charge is 2.18. The molecule has 0 bridgehead atoms. The van der Waals surface area contributed by atoms with Crippen molar-refractivity contribution in [3.8, 4) is 0 Å². The minimum Gasteiger partial charge on any atom is -0.481 e. The molecule has 0 saturated carbocycles. The summed E-state index contributed by atoms with van der Waals surface area (Å²) in [6.45, 7) is 3.90. The summed E-state index contributed by atoms with van der Waals surface area (Å²) in [7, 11) is -3.22. The molecule has 0 fully saturated rings. The summed E-state index contributed by atoms with van der Waals surface area (Å²) >= 11 is 0. The van der Waals surface area contributed by atoms with Gasteiger partial charge in [0.1, 0.15) is 0 Å². The molecule has 0 aromatic heterocycles. The van der Waals surface area contributed by atoms with Crippen LogP contribution in [-0.2, 0) is 18.4 Å². The monoisotopic (exact) mass is 222 g/mol. The molecule has 0 heterocycles. The standard InChI is InChI=1S/C8H15O5P/c1-3-12-14(11,13-4-2)7-5-6-8(9)10/h5,7H,3-4,6H2,1-2H3,(H,9,10)/b7-5+. The highest BCUT2D eigenvalue weighted by atomic mass is 31.2. The van der Waals surface area contributed by atoms with Crippen LogP contribution in [0.2, 0.25) is 0 Å². The van der Waals surface area contributed by atoms with Crippen molar-refractivity contribution < 1.29 is 23.5 Å². The lowest BCUT2D eigenvalue weighted by atomic mass is 10.4. The molecule has 0 atom stereocenters. The molecular weight excluding hydrogens is 207 g/mol. The quantitative estimate of drug-likeness (QED) is 0.668. The molecule has 0 saturated heterocycles. The van der Waals surface area contributed by atoms with Gasteiger partial charge in [0.25, 0.3) is 0 Å². The first-order valence-corrected chi connectivity index (χ1v) is 5.93. The minimum absolute atomic E-state index is 0.190. The molecule has 0 aliphatic heterocycles. The molecule has 0 aromatic rings. The van der Waals surface area contributed by atoms with Crippen LogP contribution < -0.4 is 0 Å². The van der Waals surface area contributed by atoms with Gasteiger partial charge in [0.05, 0.1) is 19.6 Å².